The molecule has 0 amide bonds. The van der Waals surface area contributed by atoms with Crippen LogP contribution in [0.25, 0.3) is 0 Å². The molecule has 4 heteroatoms. The first-order valence-electron chi connectivity index (χ1n) is 9.06. The van der Waals surface area contributed by atoms with Gasteiger partial charge in [0, 0.05) is 12.7 Å². The highest BCUT2D eigenvalue weighted by atomic mass is 16.5. The fourth-order valence-corrected chi connectivity index (χ4v) is 2.73. The van der Waals surface area contributed by atoms with E-state index in [1.807, 2.05) is 10.9 Å². The molecule has 2 rings (SSSR count). The van der Waals surface area contributed by atoms with E-state index < -0.39 is 0 Å². The molecule has 132 valence electrons. The van der Waals surface area contributed by atoms with Gasteiger partial charge in [-0.2, -0.15) is 0 Å². The van der Waals surface area contributed by atoms with E-state index in [1.54, 1.807) is 0 Å². The molecule has 0 bridgehead atoms. The lowest BCUT2D eigenvalue weighted by atomic mass is 9.91. The van der Waals surface area contributed by atoms with Crippen LogP contribution >= 0.6 is 0 Å². The fraction of sp³-hybridized carbons (Fsp3) is 0.600. The van der Waals surface area contributed by atoms with Crippen LogP contribution in [0.2, 0.25) is 0 Å². The molecule has 4 nitrogen and oxygen atoms in total. The van der Waals surface area contributed by atoms with Gasteiger partial charge in [0.05, 0.1) is 12.3 Å². The zero-order valence-corrected chi connectivity index (χ0v) is 15.9. The molecule has 1 atom stereocenters. The molecule has 1 unspecified atom stereocenters. The molecule has 0 N–H and O–H groups in total. The van der Waals surface area contributed by atoms with Gasteiger partial charge in [-0.25, -0.2) is 0 Å². The Morgan fingerprint density at radius 3 is 2.46 bits per heavy atom. The van der Waals surface area contributed by atoms with Crippen molar-refractivity contribution < 1.29 is 4.74 Å². The van der Waals surface area contributed by atoms with E-state index in [0.29, 0.717) is 17.8 Å². The third-order valence-corrected chi connectivity index (χ3v) is 4.22. The van der Waals surface area contributed by atoms with Crippen molar-refractivity contribution in [3.05, 3.63) is 41.2 Å². The van der Waals surface area contributed by atoms with Crippen molar-refractivity contribution in [2.24, 2.45) is 5.92 Å². The monoisotopic (exact) mass is 329 g/mol. The fourth-order valence-electron chi connectivity index (χ4n) is 2.73. The normalized spacial score (nSPS) is 12.8. The van der Waals surface area contributed by atoms with Crippen molar-refractivity contribution in [2.45, 2.75) is 66.3 Å². The van der Waals surface area contributed by atoms with E-state index in [2.05, 4.69) is 70.1 Å². The van der Waals surface area contributed by atoms with Crippen LogP contribution in [0.5, 0.6) is 5.75 Å². The summed E-state index contributed by atoms with van der Waals surface area (Å²) in [5, 5.41) is 8.39. The highest BCUT2D eigenvalue weighted by molar-refractivity contribution is 5.40. The average Bonchev–Trinajstić information content (AvgIpc) is 3.00. The van der Waals surface area contributed by atoms with Crippen molar-refractivity contribution in [1.29, 1.82) is 0 Å². The molecule has 1 heterocycles. The number of aromatic nitrogens is 3. The number of benzene rings is 1. The van der Waals surface area contributed by atoms with Gasteiger partial charge in [-0.05, 0) is 48.3 Å². The van der Waals surface area contributed by atoms with Crippen LogP contribution in [0.15, 0.2) is 24.4 Å². The number of hydrogen-bond donors (Lipinski definition) is 0. The largest absolute Gasteiger partial charge is 0.493 e. The van der Waals surface area contributed by atoms with Crippen molar-refractivity contribution in [2.75, 3.05) is 6.61 Å². The molecule has 1 aromatic heterocycles. The van der Waals surface area contributed by atoms with Crippen LogP contribution in [0, 0.1) is 5.92 Å². The summed E-state index contributed by atoms with van der Waals surface area (Å²) in [4.78, 5) is 0. The van der Waals surface area contributed by atoms with Gasteiger partial charge < -0.3 is 4.74 Å². The van der Waals surface area contributed by atoms with Gasteiger partial charge >= 0.3 is 0 Å². The molecule has 24 heavy (non-hydrogen) atoms. The maximum atomic E-state index is 6.01. The van der Waals surface area contributed by atoms with Gasteiger partial charge in [-0.15, -0.1) is 5.10 Å². The van der Waals surface area contributed by atoms with E-state index >= 15 is 0 Å². The molecule has 0 spiro atoms. The summed E-state index contributed by atoms with van der Waals surface area (Å²) in [6, 6.07) is 6.62. The lowest BCUT2D eigenvalue weighted by molar-refractivity contribution is 0.267. The summed E-state index contributed by atoms with van der Waals surface area (Å²) in [6.07, 6.45) is 2.95. The first kappa shape index (κ1) is 18.5. The molecule has 0 aliphatic heterocycles. The number of ether oxygens (including phenoxy) is 1. The molecular formula is C20H31N3O. The zero-order chi connectivity index (χ0) is 17.7. The number of nitrogens with zero attached hydrogens (tertiary/aromatic N) is 3. The third-order valence-electron chi connectivity index (χ3n) is 4.22. The van der Waals surface area contributed by atoms with Crippen LogP contribution in [0.3, 0.4) is 0 Å². The highest BCUT2D eigenvalue weighted by Gasteiger charge is 2.14. The second kappa shape index (κ2) is 8.32. The molecule has 0 radical (unpaired) electrons. The summed E-state index contributed by atoms with van der Waals surface area (Å²) in [5.74, 6) is 2.40. The molecule has 2 aromatic rings. The number of rotatable bonds is 8. The molecule has 0 fully saturated rings. The maximum Gasteiger partial charge on any atom is 0.122 e. The van der Waals surface area contributed by atoms with Gasteiger partial charge in [-0.3, -0.25) is 4.68 Å². The minimum absolute atomic E-state index is 0.406. The molecule has 0 saturated heterocycles. The van der Waals surface area contributed by atoms with E-state index in [-0.39, 0.29) is 0 Å². The van der Waals surface area contributed by atoms with Gasteiger partial charge in [0.1, 0.15) is 5.75 Å². The Bertz CT molecular complexity index is 646. The minimum Gasteiger partial charge on any atom is -0.493 e. The summed E-state index contributed by atoms with van der Waals surface area (Å²) in [6.45, 7) is 14.7. The lowest BCUT2D eigenvalue weighted by Crippen LogP contribution is -2.08. The van der Waals surface area contributed by atoms with Gasteiger partial charge in [-0.1, -0.05) is 52.0 Å². The topological polar surface area (TPSA) is 39.9 Å². The van der Waals surface area contributed by atoms with Crippen LogP contribution in [-0.2, 0) is 13.0 Å². The van der Waals surface area contributed by atoms with Crippen LogP contribution in [0.4, 0.5) is 0 Å². The highest BCUT2D eigenvalue weighted by Crippen LogP contribution is 2.31. The van der Waals surface area contributed by atoms with Crippen molar-refractivity contribution in [3.63, 3.8) is 0 Å². The molecule has 0 aliphatic carbocycles. The summed E-state index contributed by atoms with van der Waals surface area (Å²) >= 11 is 0. The molecule has 1 aromatic carbocycles. The van der Waals surface area contributed by atoms with E-state index in [1.165, 1.54) is 11.1 Å². The van der Waals surface area contributed by atoms with E-state index in [9.17, 15) is 0 Å². The van der Waals surface area contributed by atoms with Crippen LogP contribution < -0.4 is 4.74 Å². The Labute approximate surface area is 146 Å². The molecule has 0 saturated carbocycles. The predicted molar refractivity (Wildman–Crippen MR) is 98.7 cm³/mol. The Kier molecular flexibility index (Phi) is 6.41. The van der Waals surface area contributed by atoms with Gasteiger partial charge in [0.15, 0.2) is 0 Å². The van der Waals surface area contributed by atoms with Gasteiger partial charge in [0.2, 0.25) is 0 Å². The van der Waals surface area contributed by atoms with Crippen molar-refractivity contribution in [1.82, 2.24) is 15.0 Å². The standard InChI is InChI=1S/C20H31N3O/c1-7-23-12-18(21-22-23)10-16(6)17-8-9-20(24-13-14(2)3)19(11-17)15(4)5/h8-9,11-12,14-16H,7,10,13H2,1-6H3. The Morgan fingerprint density at radius 1 is 1.12 bits per heavy atom. The van der Waals surface area contributed by atoms with Crippen molar-refractivity contribution in [3.8, 4) is 5.75 Å². The number of hydrogen-bond acceptors (Lipinski definition) is 3. The summed E-state index contributed by atoms with van der Waals surface area (Å²) in [5.41, 5.74) is 3.68. The third kappa shape index (κ3) is 4.83. The van der Waals surface area contributed by atoms with E-state index in [4.69, 9.17) is 4.74 Å². The first-order chi connectivity index (χ1) is 11.4. The lowest BCUT2D eigenvalue weighted by Gasteiger charge is -2.19. The minimum atomic E-state index is 0.406. The second-order valence-electron chi connectivity index (χ2n) is 7.33. The smallest absolute Gasteiger partial charge is 0.122 e. The first-order valence-corrected chi connectivity index (χ1v) is 9.06. The quantitative estimate of drug-likeness (QED) is 0.698. The van der Waals surface area contributed by atoms with Gasteiger partial charge in [0.25, 0.3) is 0 Å². The Morgan fingerprint density at radius 2 is 1.88 bits per heavy atom. The molecule has 0 aliphatic rings. The molecular weight excluding hydrogens is 298 g/mol. The van der Waals surface area contributed by atoms with Crippen LogP contribution in [0.1, 0.15) is 70.2 Å². The van der Waals surface area contributed by atoms with Crippen LogP contribution in [-0.4, -0.2) is 21.6 Å². The summed E-state index contributed by atoms with van der Waals surface area (Å²) < 4.78 is 7.88. The average molecular weight is 329 g/mol. The zero-order valence-electron chi connectivity index (χ0n) is 15.9. The predicted octanol–water partition coefficient (Wildman–Crippen LogP) is 4.80. The second-order valence-corrected chi connectivity index (χ2v) is 7.33. The summed E-state index contributed by atoms with van der Waals surface area (Å²) in [7, 11) is 0. The number of aryl methyl sites for hydroxylation is 1. The maximum absolute atomic E-state index is 6.01. The SMILES string of the molecule is CCn1cc(CC(C)c2ccc(OCC(C)C)c(C(C)C)c2)nn1. The van der Waals surface area contributed by atoms with Crippen molar-refractivity contribution >= 4 is 0 Å². The Balaban J connectivity index is 2.15. The Hall–Kier alpha value is -1.84. The van der Waals surface area contributed by atoms with E-state index in [0.717, 1.165) is 31.0 Å².